The smallest absolute Gasteiger partial charge is 0.727 e. The van der Waals surface area contributed by atoms with Gasteiger partial charge in [-0.15, -0.1) is 0 Å². The van der Waals surface area contributed by atoms with Crippen LogP contribution < -0.4 is 56.6 Å². The Kier molecular flexibility index (Phi) is 79.1. The van der Waals surface area contributed by atoms with E-state index in [2.05, 4.69) is 0 Å². The van der Waals surface area contributed by atoms with E-state index in [0.717, 1.165) is 0 Å². The quantitative estimate of drug-likeness (QED) is 0.202. The maximum atomic E-state index is 7.25. The molecule has 0 spiro atoms. The van der Waals surface area contributed by atoms with Crippen molar-refractivity contribution >= 4 is 0 Å². The first-order chi connectivity index (χ1) is 1.00. The second-order valence-corrected chi connectivity index (χ2v) is 0. The molecule has 0 bridgehead atoms. The molecule has 1 N–H and O–H groups in total. The van der Waals surface area contributed by atoms with Gasteiger partial charge in [0.1, 0.15) is 0 Å². The number of rotatable bonds is 0. The van der Waals surface area contributed by atoms with Crippen molar-refractivity contribution in [2.75, 3.05) is 0 Å². The van der Waals surface area contributed by atoms with Crippen molar-refractivity contribution in [2.45, 2.75) is 0 Å². The molecule has 0 amide bonds. The van der Waals surface area contributed by atoms with E-state index in [-0.39, 0.29) is 69.9 Å². The maximum Gasteiger partial charge on any atom is 1.00 e. The summed E-state index contributed by atoms with van der Waals surface area (Å²) < 4.78 is 0. The number of hydrogen-bond acceptors (Lipinski definition) is 2. The Bertz CT molecular complexity index is 6.00. The molecule has 0 heterocycles. The fourth-order valence-electron chi connectivity index (χ4n) is 0. The van der Waals surface area contributed by atoms with E-state index in [1.807, 2.05) is 0 Å². The molecule has 2 nitrogen and oxygen atoms in total. The van der Waals surface area contributed by atoms with Crippen molar-refractivity contribution in [3.05, 3.63) is 0 Å². The van der Waals surface area contributed by atoms with E-state index in [1.54, 1.807) is 0 Å². The Hall–Kier alpha value is 2.14. The standard InChI is InChI=1S/K.H2O2.V/c;1-2;/h;1-2H;/q+1;;/p-1. The first-order valence-electron chi connectivity index (χ1n) is 0.183. The predicted molar refractivity (Wildman–Crippen MR) is 2.63 cm³/mol. The van der Waals surface area contributed by atoms with E-state index < -0.39 is 0 Å². The van der Waals surface area contributed by atoms with Crippen LogP contribution in [0.25, 0.3) is 0 Å². The Morgan fingerprint density at radius 3 is 1.25 bits per heavy atom. The molecule has 0 aromatic heterocycles. The van der Waals surface area contributed by atoms with Crippen LogP contribution in [0.3, 0.4) is 0 Å². The van der Waals surface area contributed by atoms with Crippen LogP contribution in [0, 0.1) is 0 Å². The minimum Gasteiger partial charge on any atom is -0.727 e. The van der Waals surface area contributed by atoms with Gasteiger partial charge in [-0.05, 0) is 0 Å². The molecular weight excluding hydrogens is 122 g/mol. The van der Waals surface area contributed by atoms with Gasteiger partial charge in [-0.2, -0.15) is 0 Å². The summed E-state index contributed by atoms with van der Waals surface area (Å²) in [5.41, 5.74) is 0. The third kappa shape index (κ3) is 8.91. The summed E-state index contributed by atoms with van der Waals surface area (Å²) in [4.78, 5) is 0. The van der Waals surface area contributed by atoms with Gasteiger partial charge in [0, 0.05) is 18.6 Å². The van der Waals surface area contributed by atoms with Gasteiger partial charge >= 0.3 is 51.4 Å². The minimum absolute atomic E-state index is 0. The zero-order valence-corrected chi connectivity index (χ0v) is 6.82. The van der Waals surface area contributed by atoms with Crippen molar-refractivity contribution < 1.29 is 80.5 Å². The van der Waals surface area contributed by atoms with Gasteiger partial charge < -0.3 is 10.5 Å². The van der Waals surface area contributed by atoms with Gasteiger partial charge in [0.05, 0.1) is 0 Å². The van der Waals surface area contributed by atoms with Crippen LogP contribution in [-0.2, 0) is 18.6 Å². The van der Waals surface area contributed by atoms with Crippen LogP contribution in [0.2, 0.25) is 0 Å². The molecule has 0 aliphatic carbocycles. The second kappa shape index (κ2) is 19.2. The molecule has 19 valence electrons. The van der Waals surface area contributed by atoms with Gasteiger partial charge in [-0.25, -0.2) is 0 Å². The van der Waals surface area contributed by atoms with Crippen LogP contribution in [0.4, 0.5) is 0 Å². The molecule has 0 aromatic carbocycles. The Morgan fingerprint density at radius 2 is 1.25 bits per heavy atom. The van der Waals surface area contributed by atoms with Gasteiger partial charge in [0.25, 0.3) is 0 Å². The molecule has 0 saturated heterocycles. The van der Waals surface area contributed by atoms with Crippen molar-refractivity contribution in [2.24, 2.45) is 0 Å². The summed E-state index contributed by atoms with van der Waals surface area (Å²) in [6, 6.07) is 0. The molecule has 4 heavy (non-hydrogen) atoms. The molecule has 0 aliphatic rings. The van der Waals surface area contributed by atoms with Gasteiger partial charge in [0.15, 0.2) is 0 Å². The fourth-order valence-corrected chi connectivity index (χ4v) is 0. The van der Waals surface area contributed by atoms with Crippen LogP contribution in [0.5, 0.6) is 0 Å². The molecule has 4 heteroatoms. The molecule has 0 saturated carbocycles. The monoisotopic (exact) mass is 123 g/mol. The zero-order chi connectivity index (χ0) is 2.00. The van der Waals surface area contributed by atoms with Crippen molar-refractivity contribution in [3.63, 3.8) is 0 Å². The van der Waals surface area contributed by atoms with Crippen LogP contribution in [0.1, 0.15) is 0 Å². The molecule has 0 fully saturated rings. The van der Waals surface area contributed by atoms with E-state index >= 15 is 0 Å². The van der Waals surface area contributed by atoms with Crippen molar-refractivity contribution in [1.29, 1.82) is 0 Å². The van der Waals surface area contributed by atoms with E-state index in [4.69, 9.17) is 10.5 Å². The molecule has 0 aromatic rings. The Balaban J connectivity index is -0.00000000500. The molecule has 0 unspecified atom stereocenters. The van der Waals surface area contributed by atoms with Gasteiger partial charge in [0.2, 0.25) is 0 Å². The van der Waals surface area contributed by atoms with Crippen molar-refractivity contribution in [1.82, 2.24) is 0 Å². The predicted octanol–water partition coefficient (Wildman–Crippen LogP) is -4.18. The molecule has 0 aliphatic heterocycles. The summed E-state index contributed by atoms with van der Waals surface area (Å²) in [7, 11) is 0. The zero-order valence-electron chi connectivity index (χ0n) is 2.30. The van der Waals surface area contributed by atoms with Crippen LogP contribution in [0.15, 0.2) is 0 Å². The summed E-state index contributed by atoms with van der Waals surface area (Å²) in [5.74, 6) is 0. The fraction of sp³-hybridized carbons (Fsp3) is 0. The number of hydrogen-bond donors (Lipinski definition) is 1. The minimum atomic E-state index is 0. The molecule has 0 atom stereocenters. The van der Waals surface area contributed by atoms with E-state index in [9.17, 15) is 0 Å². The van der Waals surface area contributed by atoms with E-state index in [0.29, 0.717) is 0 Å². The Labute approximate surface area is 78.8 Å². The van der Waals surface area contributed by atoms with E-state index in [1.165, 1.54) is 0 Å². The average Bonchev–Trinajstić information content (AvgIpc) is 1.00. The molecular formula is HKO2V. The average molecular weight is 123 g/mol. The largest absolute Gasteiger partial charge is 1.00 e. The Morgan fingerprint density at radius 1 is 1.25 bits per heavy atom. The third-order valence-electron chi connectivity index (χ3n) is 0. The summed E-state index contributed by atoms with van der Waals surface area (Å²) in [5, 5.41) is 13.0. The summed E-state index contributed by atoms with van der Waals surface area (Å²) in [6.07, 6.45) is 0. The van der Waals surface area contributed by atoms with Gasteiger partial charge in [-0.1, -0.05) is 0 Å². The second-order valence-electron chi connectivity index (χ2n) is 0. The third-order valence-corrected chi connectivity index (χ3v) is 0. The first kappa shape index (κ1) is 16.5. The molecule has 0 rings (SSSR count). The normalized spacial score (nSPS) is 1.50. The van der Waals surface area contributed by atoms with Crippen LogP contribution >= 0.6 is 0 Å². The topological polar surface area (TPSA) is 43.3 Å². The van der Waals surface area contributed by atoms with Crippen LogP contribution in [-0.4, -0.2) is 5.26 Å². The SMILES string of the molecule is [K+].[O-]O.[V]. The summed E-state index contributed by atoms with van der Waals surface area (Å²) >= 11 is 0. The van der Waals surface area contributed by atoms with Gasteiger partial charge in [-0.3, -0.25) is 0 Å². The van der Waals surface area contributed by atoms with Crippen molar-refractivity contribution in [3.8, 4) is 0 Å². The first-order valence-corrected chi connectivity index (χ1v) is 0.183. The summed E-state index contributed by atoms with van der Waals surface area (Å²) in [6.45, 7) is 0. The maximum absolute atomic E-state index is 7.25. The molecule has 1 radical (unpaired) electrons.